The zero-order valence-electron chi connectivity index (χ0n) is 11.7. The first-order valence-electron chi connectivity index (χ1n) is 6.57. The van der Waals surface area contributed by atoms with Crippen molar-refractivity contribution in [1.82, 2.24) is 9.80 Å². The molecule has 0 aromatic carbocycles. The number of carboxylic acid groups (broad SMARTS) is 1. The minimum atomic E-state index is -4.34. The van der Waals surface area contributed by atoms with Crippen molar-refractivity contribution in [1.29, 1.82) is 0 Å². The molecule has 0 aliphatic carbocycles. The lowest BCUT2D eigenvalue weighted by Gasteiger charge is -2.36. The van der Waals surface area contributed by atoms with Gasteiger partial charge in [-0.3, -0.25) is 4.79 Å². The summed E-state index contributed by atoms with van der Waals surface area (Å²) in [5, 5.41) is 8.78. The van der Waals surface area contributed by atoms with E-state index >= 15 is 0 Å². The molecular weight excluding hydrogens is 293 g/mol. The molecule has 2 amide bonds. The summed E-state index contributed by atoms with van der Waals surface area (Å²) < 4.78 is 43.0. The minimum Gasteiger partial charge on any atom is -0.480 e. The second-order valence-corrected chi connectivity index (χ2v) is 4.92. The van der Waals surface area contributed by atoms with E-state index in [2.05, 4.69) is 0 Å². The molecule has 1 heterocycles. The maximum absolute atomic E-state index is 12.7. The Labute approximate surface area is 120 Å². The maximum atomic E-state index is 12.7. The van der Waals surface area contributed by atoms with Crippen LogP contribution in [-0.2, 0) is 9.53 Å². The van der Waals surface area contributed by atoms with Gasteiger partial charge in [0.15, 0.2) is 0 Å². The SMILES string of the molecule is COCCN(CC(=O)O)C(=O)N1CCCC(C(F)(F)F)C1. The first kappa shape index (κ1) is 17.5. The van der Waals surface area contributed by atoms with Crippen LogP contribution in [0.2, 0.25) is 0 Å². The number of hydrogen-bond acceptors (Lipinski definition) is 3. The summed E-state index contributed by atoms with van der Waals surface area (Å²) in [5.41, 5.74) is 0. The van der Waals surface area contributed by atoms with E-state index in [4.69, 9.17) is 9.84 Å². The van der Waals surface area contributed by atoms with Crippen molar-refractivity contribution in [3.8, 4) is 0 Å². The smallest absolute Gasteiger partial charge is 0.393 e. The molecule has 1 aliphatic heterocycles. The van der Waals surface area contributed by atoms with Gasteiger partial charge in [0.1, 0.15) is 6.54 Å². The monoisotopic (exact) mass is 312 g/mol. The molecule has 122 valence electrons. The third-order valence-electron chi connectivity index (χ3n) is 3.32. The maximum Gasteiger partial charge on any atom is 0.393 e. The van der Waals surface area contributed by atoms with Crippen LogP contribution in [0.4, 0.5) is 18.0 Å². The minimum absolute atomic E-state index is 0.00964. The molecule has 1 rings (SSSR count). The summed E-state index contributed by atoms with van der Waals surface area (Å²) in [6.07, 6.45) is -4.10. The highest BCUT2D eigenvalue weighted by molar-refractivity contribution is 5.80. The van der Waals surface area contributed by atoms with E-state index in [-0.39, 0.29) is 32.5 Å². The van der Waals surface area contributed by atoms with Gasteiger partial charge in [-0.05, 0) is 12.8 Å². The Kier molecular flexibility index (Phi) is 6.25. The number of alkyl halides is 3. The van der Waals surface area contributed by atoms with Crippen molar-refractivity contribution in [2.75, 3.05) is 39.9 Å². The number of halogens is 3. The molecule has 0 bridgehead atoms. The number of carboxylic acids is 1. The van der Waals surface area contributed by atoms with Crippen molar-refractivity contribution in [3.05, 3.63) is 0 Å². The molecule has 21 heavy (non-hydrogen) atoms. The highest BCUT2D eigenvalue weighted by Gasteiger charge is 2.43. The van der Waals surface area contributed by atoms with Crippen LogP contribution >= 0.6 is 0 Å². The molecule has 0 saturated carbocycles. The van der Waals surface area contributed by atoms with E-state index in [0.717, 1.165) is 9.80 Å². The quantitative estimate of drug-likeness (QED) is 0.833. The third kappa shape index (κ3) is 5.41. The molecule has 1 N–H and O–H groups in total. The van der Waals surface area contributed by atoms with E-state index in [1.165, 1.54) is 7.11 Å². The molecule has 1 atom stereocenters. The summed E-state index contributed by atoms with van der Waals surface area (Å²) >= 11 is 0. The number of hydrogen-bond donors (Lipinski definition) is 1. The van der Waals surface area contributed by atoms with Crippen LogP contribution in [0, 0.1) is 5.92 Å². The average molecular weight is 312 g/mol. The number of aliphatic carboxylic acids is 1. The van der Waals surface area contributed by atoms with Gasteiger partial charge in [-0.25, -0.2) is 4.79 Å². The fraction of sp³-hybridized carbons (Fsp3) is 0.833. The first-order valence-corrected chi connectivity index (χ1v) is 6.57. The van der Waals surface area contributed by atoms with Crippen LogP contribution in [0.15, 0.2) is 0 Å². The Hall–Kier alpha value is -1.51. The van der Waals surface area contributed by atoms with E-state index in [9.17, 15) is 22.8 Å². The molecule has 1 aliphatic rings. The van der Waals surface area contributed by atoms with Crippen molar-refractivity contribution in [2.45, 2.75) is 19.0 Å². The van der Waals surface area contributed by atoms with E-state index in [0.29, 0.717) is 0 Å². The van der Waals surface area contributed by atoms with Crippen LogP contribution in [0.1, 0.15) is 12.8 Å². The largest absolute Gasteiger partial charge is 0.480 e. The zero-order chi connectivity index (χ0) is 16.0. The number of carbonyl (C=O) groups is 2. The predicted molar refractivity (Wildman–Crippen MR) is 66.8 cm³/mol. The molecule has 0 spiro atoms. The Morgan fingerprint density at radius 1 is 1.43 bits per heavy atom. The van der Waals surface area contributed by atoms with E-state index in [1.54, 1.807) is 0 Å². The molecule has 0 radical (unpaired) electrons. The van der Waals surface area contributed by atoms with Crippen molar-refractivity contribution in [3.63, 3.8) is 0 Å². The second-order valence-electron chi connectivity index (χ2n) is 4.92. The molecule has 0 aromatic rings. The number of rotatable bonds is 5. The number of methoxy groups -OCH3 is 1. The Bertz CT molecular complexity index is 376. The molecule has 1 unspecified atom stereocenters. The lowest BCUT2D eigenvalue weighted by atomic mass is 9.98. The lowest BCUT2D eigenvalue weighted by Crippen LogP contribution is -2.51. The van der Waals surface area contributed by atoms with Gasteiger partial charge in [0.2, 0.25) is 0 Å². The summed E-state index contributed by atoms with van der Waals surface area (Å²) in [4.78, 5) is 25.0. The normalized spacial score (nSPS) is 19.4. The number of carbonyl (C=O) groups excluding carboxylic acids is 1. The van der Waals surface area contributed by atoms with Crippen molar-refractivity contribution < 1.29 is 32.6 Å². The summed E-state index contributed by atoms with van der Waals surface area (Å²) in [6, 6.07) is -0.691. The number of likely N-dealkylation sites (tertiary alicyclic amines) is 1. The number of piperidine rings is 1. The van der Waals surface area contributed by atoms with Gasteiger partial charge in [0.25, 0.3) is 0 Å². The summed E-state index contributed by atoms with van der Waals surface area (Å²) in [7, 11) is 1.39. The van der Waals surface area contributed by atoms with Gasteiger partial charge in [-0.2, -0.15) is 13.2 Å². The van der Waals surface area contributed by atoms with Crippen LogP contribution < -0.4 is 0 Å². The molecular formula is C12H19F3N2O4. The van der Waals surface area contributed by atoms with Crippen LogP contribution in [-0.4, -0.2) is 73.0 Å². The predicted octanol–water partition coefficient (Wildman–Crippen LogP) is 1.41. The number of ether oxygens (including phenoxy) is 1. The standard InChI is InChI=1S/C12H19F3N2O4/c1-21-6-5-17(8-10(18)19)11(20)16-4-2-3-9(7-16)12(13,14)15/h9H,2-8H2,1H3,(H,18,19). The summed E-state index contributed by atoms with van der Waals surface area (Å²) in [5.74, 6) is -2.77. The second kappa shape index (κ2) is 7.48. The number of nitrogens with zero attached hydrogens (tertiary/aromatic N) is 2. The Balaban J connectivity index is 2.70. The summed E-state index contributed by atoms with van der Waals surface area (Å²) in [6.45, 7) is -0.639. The van der Waals surface area contributed by atoms with Gasteiger partial charge < -0.3 is 19.6 Å². The zero-order valence-corrected chi connectivity index (χ0v) is 11.7. The lowest BCUT2D eigenvalue weighted by molar-refractivity contribution is -0.184. The van der Waals surface area contributed by atoms with Crippen LogP contribution in [0.25, 0.3) is 0 Å². The molecule has 1 fully saturated rings. The average Bonchev–Trinajstić information content (AvgIpc) is 2.41. The van der Waals surface area contributed by atoms with Gasteiger partial charge in [0, 0.05) is 26.7 Å². The third-order valence-corrected chi connectivity index (χ3v) is 3.32. The van der Waals surface area contributed by atoms with E-state index in [1.807, 2.05) is 0 Å². The highest BCUT2D eigenvalue weighted by Crippen LogP contribution is 2.33. The highest BCUT2D eigenvalue weighted by atomic mass is 19.4. The topological polar surface area (TPSA) is 70.1 Å². The molecule has 6 nitrogen and oxygen atoms in total. The van der Waals surface area contributed by atoms with Gasteiger partial charge in [0.05, 0.1) is 12.5 Å². The number of amides is 2. The molecule has 9 heteroatoms. The van der Waals surface area contributed by atoms with Crippen LogP contribution in [0.5, 0.6) is 0 Å². The van der Waals surface area contributed by atoms with Crippen molar-refractivity contribution in [2.24, 2.45) is 5.92 Å². The fourth-order valence-corrected chi connectivity index (χ4v) is 2.23. The van der Waals surface area contributed by atoms with Gasteiger partial charge >= 0.3 is 18.2 Å². The number of urea groups is 1. The Morgan fingerprint density at radius 3 is 2.62 bits per heavy atom. The van der Waals surface area contributed by atoms with E-state index < -0.39 is 37.2 Å². The Morgan fingerprint density at radius 2 is 2.10 bits per heavy atom. The van der Waals surface area contributed by atoms with Crippen LogP contribution in [0.3, 0.4) is 0 Å². The first-order chi connectivity index (χ1) is 9.75. The van der Waals surface area contributed by atoms with Crippen molar-refractivity contribution >= 4 is 12.0 Å². The van der Waals surface area contributed by atoms with Gasteiger partial charge in [-0.1, -0.05) is 0 Å². The van der Waals surface area contributed by atoms with Gasteiger partial charge in [-0.15, -0.1) is 0 Å². The fourth-order valence-electron chi connectivity index (χ4n) is 2.23. The molecule has 0 aromatic heterocycles. The molecule has 1 saturated heterocycles.